The number of halogens is 5. The molecule has 0 bridgehead atoms. The van der Waals surface area contributed by atoms with Crippen molar-refractivity contribution < 1.29 is 37.8 Å². The molecule has 0 aliphatic rings. The fourth-order valence-corrected chi connectivity index (χ4v) is 6.00. The van der Waals surface area contributed by atoms with Gasteiger partial charge in [-0.05, 0) is 72.3 Å². The third kappa shape index (κ3) is 10.9. The first-order valence-corrected chi connectivity index (χ1v) is 17.6. The number of phenolic OH excluding ortho intramolecular Hbond substituents is 1. The molecular formula is C34H27Cl3F2N6O6S2. The van der Waals surface area contributed by atoms with Crippen LogP contribution in [0.5, 0.6) is 11.5 Å². The number of benzene rings is 4. The Bertz CT molecular complexity index is 2320. The average Bonchev–Trinajstić information content (AvgIpc) is 3.72. The standard InChI is InChI=1S/C17H13ClFN3O3S.C14H8ClFN2O2S.C3H6ClNO/c1-22(2)17(24)25-12-7-6-9(18)8-10(12)15(23)21-16-20-14-11(19)4-3-5-13(14)26-16;15-7-4-5-10(19)8(6-7)13(20)18-14-17-12-9(16)2-1-3-11(12)21-14;1-5(2)3(4)6/h3-8H,1-2H3,(H,20,21,23);1-6,19H,(H,17,18,20);1-2H3. The Kier molecular flexibility index (Phi) is 13.9. The molecule has 0 unspecified atom stereocenters. The number of hydrogen-bond acceptors (Lipinski definition) is 10. The van der Waals surface area contributed by atoms with E-state index in [1.807, 2.05) is 0 Å². The Balaban J connectivity index is 0.000000209. The molecule has 6 rings (SSSR count). The fraction of sp³-hybridized carbons (Fsp3) is 0.118. The normalized spacial score (nSPS) is 10.4. The zero-order valence-corrected chi connectivity index (χ0v) is 31.8. The Morgan fingerprint density at radius 2 is 1.17 bits per heavy atom. The predicted octanol–water partition coefficient (Wildman–Crippen LogP) is 9.35. The fourth-order valence-electron chi connectivity index (χ4n) is 3.91. The van der Waals surface area contributed by atoms with Gasteiger partial charge in [-0.1, -0.05) is 58.0 Å². The van der Waals surface area contributed by atoms with Crippen molar-refractivity contribution in [2.75, 3.05) is 38.8 Å². The molecule has 6 aromatic rings. The zero-order chi connectivity index (χ0) is 39.0. The number of carbonyl (C=O) groups is 4. The Morgan fingerprint density at radius 3 is 1.62 bits per heavy atom. The SMILES string of the molecule is CN(C)C(=O)Cl.CN(C)C(=O)Oc1ccc(Cl)cc1C(=O)Nc1nc2c(F)cccc2s1.O=C(Nc1nc2c(F)cccc2s1)c1cc(Cl)ccc1O. The van der Waals surface area contributed by atoms with Crippen LogP contribution in [0.25, 0.3) is 20.4 Å². The second-order valence-corrected chi connectivity index (χ2v) is 14.1. The number of nitrogens with zero attached hydrogens (tertiary/aromatic N) is 4. The lowest BCUT2D eigenvalue weighted by molar-refractivity contribution is 0.101. The molecule has 0 saturated carbocycles. The highest BCUT2D eigenvalue weighted by Crippen LogP contribution is 2.31. The number of phenols is 1. The minimum atomic E-state index is -0.636. The summed E-state index contributed by atoms with van der Waals surface area (Å²) in [5, 5.41) is 15.4. The van der Waals surface area contributed by atoms with Crippen molar-refractivity contribution in [3.63, 3.8) is 0 Å². The van der Waals surface area contributed by atoms with E-state index in [-0.39, 0.29) is 43.9 Å². The van der Waals surface area contributed by atoms with E-state index < -0.39 is 34.9 Å². The molecule has 0 radical (unpaired) electrons. The van der Waals surface area contributed by atoms with Crippen LogP contribution in [0.4, 0.5) is 28.6 Å². The van der Waals surface area contributed by atoms with Crippen LogP contribution in [-0.4, -0.2) is 76.3 Å². The molecule has 0 aliphatic carbocycles. The summed E-state index contributed by atoms with van der Waals surface area (Å²) < 4.78 is 33.7. The second-order valence-electron chi connectivity index (χ2n) is 10.8. The lowest BCUT2D eigenvalue weighted by Gasteiger charge is -2.13. The summed E-state index contributed by atoms with van der Waals surface area (Å²) in [6, 6.07) is 17.6. The van der Waals surface area contributed by atoms with Gasteiger partial charge in [0.05, 0.1) is 20.5 Å². The number of rotatable bonds is 5. The van der Waals surface area contributed by atoms with Gasteiger partial charge < -0.3 is 19.6 Å². The van der Waals surface area contributed by atoms with Crippen molar-refractivity contribution >= 4 is 111 Å². The number of hydrogen-bond donors (Lipinski definition) is 3. The lowest BCUT2D eigenvalue weighted by Crippen LogP contribution is -2.26. The van der Waals surface area contributed by atoms with Crippen LogP contribution in [0.15, 0.2) is 72.8 Å². The van der Waals surface area contributed by atoms with Gasteiger partial charge in [-0.2, -0.15) is 0 Å². The van der Waals surface area contributed by atoms with Crippen molar-refractivity contribution in [2.45, 2.75) is 0 Å². The van der Waals surface area contributed by atoms with E-state index >= 15 is 0 Å². The minimum Gasteiger partial charge on any atom is -0.507 e. The number of thiazole rings is 2. The van der Waals surface area contributed by atoms with Crippen LogP contribution in [0, 0.1) is 11.6 Å². The van der Waals surface area contributed by atoms with E-state index in [2.05, 4.69) is 20.6 Å². The van der Waals surface area contributed by atoms with Gasteiger partial charge >= 0.3 is 11.5 Å². The zero-order valence-electron chi connectivity index (χ0n) is 27.9. The highest BCUT2D eigenvalue weighted by Gasteiger charge is 2.19. The summed E-state index contributed by atoms with van der Waals surface area (Å²) in [6.45, 7) is 0. The second kappa shape index (κ2) is 18.1. The number of aromatic nitrogens is 2. The molecule has 0 atom stereocenters. The average molecular weight is 824 g/mol. The van der Waals surface area contributed by atoms with Crippen LogP contribution >= 0.6 is 57.5 Å². The number of fused-ring (bicyclic) bond motifs is 2. The van der Waals surface area contributed by atoms with Crippen LogP contribution in [-0.2, 0) is 0 Å². The molecule has 53 heavy (non-hydrogen) atoms. The summed E-state index contributed by atoms with van der Waals surface area (Å²) in [7, 11) is 6.23. The molecule has 4 amide bonds. The third-order valence-corrected chi connectivity index (χ3v) is 9.16. The van der Waals surface area contributed by atoms with Gasteiger partial charge in [0.2, 0.25) is 0 Å². The molecule has 0 aliphatic heterocycles. The van der Waals surface area contributed by atoms with Gasteiger partial charge in [0, 0.05) is 38.2 Å². The van der Waals surface area contributed by atoms with Crippen molar-refractivity contribution in [3.05, 3.63) is 106 Å². The maximum Gasteiger partial charge on any atom is 0.414 e. The summed E-state index contributed by atoms with van der Waals surface area (Å²) in [5.74, 6) is -2.19. The molecule has 2 aromatic heterocycles. The van der Waals surface area contributed by atoms with Gasteiger partial charge in [-0.3, -0.25) is 25.0 Å². The van der Waals surface area contributed by atoms with E-state index in [4.69, 9.17) is 39.5 Å². The summed E-state index contributed by atoms with van der Waals surface area (Å²) in [6.07, 6.45) is -0.636. The van der Waals surface area contributed by atoms with E-state index in [0.717, 1.165) is 22.7 Å². The number of amides is 4. The molecule has 2 heterocycles. The first-order chi connectivity index (χ1) is 25.0. The van der Waals surface area contributed by atoms with Crippen molar-refractivity contribution in [2.24, 2.45) is 0 Å². The largest absolute Gasteiger partial charge is 0.507 e. The number of para-hydroxylation sites is 2. The van der Waals surface area contributed by atoms with Crippen molar-refractivity contribution in [1.29, 1.82) is 0 Å². The molecule has 276 valence electrons. The number of anilines is 2. The van der Waals surface area contributed by atoms with Gasteiger partial charge in [-0.25, -0.2) is 23.5 Å². The van der Waals surface area contributed by atoms with Crippen LogP contribution in [0.1, 0.15) is 20.7 Å². The monoisotopic (exact) mass is 822 g/mol. The van der Waals surface area contributed by atoms with Crippen LogP contribution in [0.3, 0.4) is 0 Å². The van der Waals surface area contributed by atoms with Gasteiger partial charge in [0.1, 0.15) is 34.2 Å². The molecule has 4 aromatic carbocycles. The third-order valence-electron chi connectivity index (χ3n) is 6.48. The van der Waals surface area contributed by atoms with Crippen molar-refractivity contribution in [1.82, 2.24) is 19.8 Å². The van der Waals surface area contributed by atoms with E-state index in [1.54, 1.807) is 38.4 Å². The highest BCUT2D eigenvalue weighted by atomic mass is 35.5. The van der Waals surface area contributed by atoms with Gasteiger partial charge in [0.25, 0.3) is 11.8 Å². The first-order valence-electron chi connectivity index (χ1n) is 14.8. The van der Waals surface area contributed by atoms with Crippen LogP contribution < -0.4 is 15.4 Å². The van der Waals surface area contributed by atoms with Gasteiger partial charge in [-0.15, -0.1) is 0 Å². The minimum absolute atomic E-state index is 0.0298. The number of carbonyl (C=O) groups excluding carboxylic acids is 4. The first kappa shape index (κ1) is 40.6. The van der Waals surface area contributed by atoms with Crippen molar-refractivity contribution in [3.8, 4) is 11.5 Å². The number of nitrogens with one attached hydrogen (secondary N) is 2. The molecule has 3 N–H and O–H groups in total. The van der Waals surface area contributed by atoms with E-state index in [0.29, 0.717) is 19.4 Å². The molecule has 0 spiro atoms. The summed E-state index contributed by atoms with van der Waals surface area (Å²) in [5.41, 5.74) is 0.473. The summed E-state index contributed by atoms with van der Waals surface area (Å²) >= 11 is 18.9. The molecule has 12 nitrogen and oxygen atoms in total. The summed E-state index contributed by atoms with van der Waals surface area (Å²) in [4.78, 5) is 56.9. The Hall–Kier alpha value is -5.13. The maximum absolute atomic E-state index is 13.7. The van der Waals surface area contributed by atoms with Crippen LogP contribution in [0.2, 0.25) is 10.0 Å². The van der Waals surface area contributed by atoms with Gasteiger partial charge in [0.15, 0.2) is 10.3 Å². The molecular weight excluding hydrogens is 797 g/mol. The quantitative estimate of drug-likeness (QED) is 0.115. The number of aromatic hydroxyl groups is 1. The van der Waals surface area contributed by atoms with E-state index in [1.165, 1.54) is 72.4 Å². The Labute approximate surface area is 323 Å². The number of ether oxygens (including phenoxy) is 1. The molecule has 0 saturated heterocycles. The molecule has 0 fully saturated rings. The predicted molar refractivity (Wildman–Crippen MR) is 204 cm³/mol. The molecule has 19 heteroatoms. The van der Waals surface area contributed by atoms with E-state index in [9.17, 15) is 33.1 Å². The maximum atomic E-state index is 13.7. The Morgan fingerprint density at radius 1 is 0.717 bits per heavy atom. The topological polar surface area (TPSA) is 154 Å². The highest BCUT2D eigenvalue weighted by molar-refractivity contribution is 7.22. The lowest BCUT2D eigenvalue weighted by atomic mass is 10.2. The smallest absolute Gasteiger partial charge is 0.414 e.